The van der Waals surface area contributed by atoms with E-state index in [1.54, 1.807) is 23.7 Å². The second-order valence-corrected chi connectivity index (χ2v) is 2.33. The van der Waals surface area contributed by atoms with E-state index in [9.17, 15) is 0 Å². The fourth-order valence-corrected chi connectivity index (χ4v) is 1.01. The van der Waals surface area contributed by atoms with Gasteiger partial charge in [-0.05, 0) is 30.5 Å². The molecule has 0 saturated heterocycles. The summed E-state index contributed by atoms with van der Waals surface area (Å²) in [5, 5.41) is 2.86. The highest BCUT2D eigenvalue weighted by Gasteiger charge is 1.86. The Morgan fingerprint density at radius 1 is 1.67 bits per heavy atom. The first-order valence-electron chi connectivity index (χ1n) is 2.58. The Kier molecular flexibility index (Phi) is 2.33. The van der Waals surface area contributed by atoms with E-state index in [1.807, 2.05) is 17.5 Å². The van der Waals surface area contributed by atoms with Crippen LogP contribution < -0.4 is 4.74 Å². The standard InChI is InChI=1S/C7H7OS/c1-2-5-8-7-4-3-6-9-7/h2-6H,1H2. The maximum absolute atomic E-state index is 5.07. The summed E-state index contributed by atoms with van der Waals surface area (Å²) in [6.45, 7) is 3.48. The van der Waals surface area contributed by atoms with Crippen molar-refractivity contribution < 1.29 is 4.74 Å². The highest BCUT2D eigenvalue weighted by Crippen LogP contribution is 2.17. The van der Waals surface area contributed by atoms with Crippen LogP contribution in [-0.2, 0) is 0 Å². The molecule has 2 heteroatoms. The van der Waals surface area contributed by atoms with Gasteiger partial charge in [-0.1, -0.05) is 0 Å². The van der Waals surface area contributed by atoms with Crippen LogP contribution in [0.2, 0.25) is 0 Å². The number of allylic oxidation sites excluding steroid dienone is 1. The lowest BCUT2D eigenvalue weighted by Crippen LogP contribution is -1.73. The van der Waals surface area contributed by atoms with Gasteiger partial charge in [0.25, 0.3) is 0 Å². The molecule has 0 aliphatic heterocycles. The van der Waals surface area contributed by atoms with Crippen LogP contribution in [0.1, 0.15) is 0 Å². The maximum Gasteiger partial charge on any atom is 0.179 e. The van der Waals surface area contributed by atoms with Crippen LogP contribution in [0.5, 0.6) is 5.06 Å². The summed E-state index contributed by atoms with van der Waals surface area (Å²) in [6, 6.07) is 3.85. The number of ether oxygens (including phenoxy) is 1. The molecule has 47 valence electrons. The average Bonchev–Trinajstić information content (AvgIpc) is 2.34. The van der Waals surface area contributed by atoms with Crippen LogP contribution in [0.15, 0.2) is 29.9 Å². The molecule has 0 aliphatic rings. The zero-order chi connectivity index (χ0) is 6.53. The number of hydrogen-bond donors (Lipinski definition) is 0. The van der Waals surface area contributed by atoms with E-state index in [1.165, 1.54) is 0 Å². The monoisotopic (exact) mass is 139 g/mol. The van der Waals surface area contributed by atoms with Crippen molar-refractivity contribution in [3.8, 4) is 5.06 Å². The molecular formula is C7H7OS. The highest BCUT2D eigenvalue weighted by molar-refractivity contribution is 7.11. The van der Waals surface area contributed by atoms with Gasteiger partial charge >= 0.3 is 0 Å². The SMILES string of the molecule is [CH2]C=COc1cccs1. The second-order valence-electron chi connectivity index (χ2n) is 1.42. The van der Waals surface area contributed by atoms with E-state index in [2.05, 4.69) is 6.92 Å². The van der Waals surface area contributed by atoms with Crippen LogP contribution in [0.3, 0.4) is 0 Å². The molecule has 0 unspecified atom stereocenters. The van der Waals surface area contributed by atoms with Crippen molar-refractivity contribution in [2.75, 3.05) is 0 Å². The number of hydrogen-bond acceptors (Lipinski definition) is 2. The van der Waals surface area contributed by atoms with Crippen molar-refractivity contribution in [1.29, 1.82) is 0 Å². The molecular weight excluding hydrogens is 132 g/mol. The summed E-state index contributed by atoms with van der Waals surface area (Å²) in [6.07, 6.45) is 3.17. The van der Waals surface area contributed by atoms with Gasteiger partial charge in [0.1, 0.15) is 0 Å². The van der Waals surface area contributed by atoms with Crippen molar-refractivity contribution >= 4 is 11.3 Å². The van der Waals surface area contributed by atoms with Gasteiger partial charge in [-0.2, -0.15) is 0 Å². The molecule has 0 fully saturated rings. The van der Waals surface area contributed by atoms with Crippen molar-refractivity contribution in [1.82, 2.24) is 0 Å². The quantitative estimate of drug-likeness (QED) is 0.572. The molecule has 1 nitrogen and oxygen atoms in total. The van der Waals surface area contributed by atoms with Crippen LogP contribution in [0.25, 0.3) is 0 Å². The Labute approximate surface area is 58.6 Å². The topological polar surface area (TPSA) is 9.23 Å². The van der Waals surface area contributed by atoms with Gasteiger partial charge in [-0.3, -0.25) is 0 Å². The third kappa shape index (κ3) is 1.90. The molecule has 0 saturated carbocycles. The van der Waals surface area contributed by atoms with E-state index >= 15 is 0 Å². The van der Waals surface area contributed by atoms with Gasteiger partial charge in [0.05, 0.1) is 6.26 Å². The molecule has 0 amide bonds. The Hall–Kier alpha value is -0.760. The lowest BCUT2D eigenvalue weighted by Gasteiger charge is -1.89. The summed E-state index contributed by atoms with van der Waals surface area (Å²) in [7, 11) is 0. The van der Waals surface area contributed by atoms with E-state index < -0.39 is 0 Å². The predicted molar refractivity (Wildman–Crippen MR) is 39.4 cm³/mol. The lowest BCUT2D eigenvalue weighted by atomic mass is 10.6. The second kappa shape index (κ2) is 3.30. The normalized spacial score (nSPS) is 10.3. The van der Waals surface area contributed by atoms with Crippen LogP contribution in [-0.4, -0.2) is 0 Å². The Morgan fingerprint density at radius 3 is 3.11 bits per heavy atom. The first-order chi connectivity index (χ1) is 4.43. The summed E-state index contributed by atoms with van der Waals surface area (Å²) < 4.78 is 5.07. The summed E-state index contributed by atoms with van der Waals surface area (Å²) in [5.74, 6) is 0. The molecule has 0 bridgehead atoms. The molecule has 0 N–H and O–H groups in total. The average molecular weight is 139 g/mol. The van der Waals surface area contributed by atoms with E-state index in [4.69, 9.17) is 4.74 Å². The van der Waals surface area contributed by atoms with Gasteiger partial charge < -0.3 is 4.74 Å². The van der Waals surface area contributed by atoms with Crippen molar-refractivity contribution in [3.63, 3.8) is 0 Å². The van der Waals surface area contributed by atoms with Crippen molar-refractivity contribution in [2.24, 2.45) is 0 Å². The lowest BCUT2D eigenvalue weighted by molar-refractivity contribution is 0.495. The third-order valence-electron chi connectivity index (χ3n) is 0.775. The molecule has 9 heavy (non-hydrogen) atoms. The van der Waals surface area contributed by atoms with Gasteiger partial charge in [0.15, 0.2) is 5.06 Å². The fraction of sp³-hybridized carbons (Fsp3) is 0. The molecule has 0 spiro atoms. The zero-order valence-corrected chi connectivity index (χ0v) is 5.73. The fourth-order valence-electron chi connectivity index (χ4n) is 0.446. The highest BCUT2D eigenvalue weighted by atomic mass is 32.1. The minimum atomic E-state index is 0.898. The van der Waals surface area contributed by atoms with E-state index in [0.717, 1.165) is 5.06 Å². The van der Waals surface area contributed by atoms with Gasteiger partial charge in [0.2, 0.25) is 0 Å². The van der Waals surface area contributed by atoms with E-state index in [0.29, 0.717) is 0 Å². The van der Waals surface area contributed by atoms with Gasteiger partial charge in [-0.15, -0.1) is 11.3 Å². The van der Waals surface area contributed by atoms with Crippen LogP contribution >= 0.6 is 11.3 Å². The van der Waals surface area contributed by atoms with Crippen molar-refractivity contribution in [3.05, 3.63) is 36.8 Å². The largest absolute Gasteiger partial charge is 0.455 e. The smallest absolute Gasteiger partial charge is 0.179 e. The van der Waals surface area contributed by atoms with Crippen LogP contribution in [0.4, 0.5) is 0 Å². The Bertz CT molecular complexity index is 177. The Morgan fingerprint density at radius 2 is 2.56 bits per heavy atom. The molecule has 0 atom stereocenters. The van der Waals surface area contributed by atoms with Gasteiger partial charge in [0, 0.05) is 0 Å². The molecule has 1 rings (SSSR count). The number of thiophene rings is 1. The molecule has 1 heterocycles. The predicted octanol–water partition coefficient (Wildman–Crippen LogP) is 2.47. The first kappa shape index (κ1) is 6.36. The van der Waals surface area contributed by atoms with Crippen LogP contribution in [0, 0.1) is 6.92 Å². The molecule has 1 radical (unpaired) electrons. The summed E-state index contributed by atoms with van der Waals surface area (Å²) in [5.41, 5.74) is 0. The summed E-state index contributed by atoms with van der Waals surface area (Å²) >= 11 is 1.56. The number of rotatable bonds is 2. The third-order valence-corrected chi connectivity index (χ3v) is 1.53. The van der Waals surface area contributed by atoms with E-state index in [-0.39, 0.29) is 0 Å². The Balaban J connectivity index is 2.48. The molecule has 0 aromatic carbocycles. The maximum atomic E-state index is 5.07. The minimum absolute atomic E-state index is 0.898. The summed E-state index contributed by atoms with van der Waals surface area (Å²) in [4.78, 5) is 0. The minimum Gasteiger partial charge on any atom is -0.455 e. The molecule has 1 aromatic rings. The van der Waals surface area contributed by atoms with Crippen molar-refractivity contribution in [2.45, 2.75) is 0 Å². The first-order valence-corrected chi connectivity index (χ1v) is 3.46. The molecule has 1 aromatic heterocycles. The molecule has 0 aliphatic carbocycles. The van der Waals surface area contributed by atoms with Gasteiger partial charge in [-0.25, -0.2) is 0 Å². The zero-order valence-electron chi connectivity index (χ0n) is 4.91.